The van der Waals surface area contributed by atoms with Gasteiger partial charge in [-0.1, -0.05) is 0 Å². The maximum atomic E-state index is 12.4. The number of nitrogens with one attached hydrogen (secondary N) is 2. The van der Waals surface area contributed by atoms with Crippen LogP contribution in [0.3, 0.4) is 0 Å². The van der Waals surface area contributed by atoms with Crippen LogP contribution in [0.1, 0.15) is 77.0 Å². The first-order chi connectivity index (χ1) is 20.4. The van der Waals surface area contributed by atoms with Crippen molar-refractivity contribution in [3.05, 3.63) is 0 Å². The molecule has 4 fully saturated rings. The largest absolute Gasteiger partial charge is 0.480 e. The Morgan fingerprint density at radius 1 is 0.717 bits per heavy atom. The molecule has 3 radical (unpaired) electrons. The van der Waals surface area contributed by atoms with Gasteiger partial charge in [0, 0.05) is 8.41 Å². The number of urea groups is 1. The molecule has 4 rings (SSSR count). The Morgan fingerprint density at radius 3 is 1.30 bits per heavy atom. The molecule has 10 nitrogen and oxygen atoms in total. The predicted octanol–water partition coefficient (Wildman–Crippen LogP) is 4.07. The summed E-state index contributed by atoms with van der Waals surface area (Å²) in [5.41, 5.74) is 7.34. The van der Waals surface area contributed by atoms with Gasteiger partial charge in [0.05, 0.1) is 24.9 Å². The zero-order valence-corrected chi connectivity index (χ0v) is 24.8. The van der Waals surface area contributed by atoms with Crippen LogP contribution >= 0.6 is 0 Å². The number of amides is 3. The number of methoxy groups -OCH3 is 1. The van der Waals surface area contributed by atoms with Crippen molar-refractivity contribution in [3.63, 3.8) is 0 Å². The van der Waals surface area contributed by atoms with E-state index in [1.165, 1.54) is 7.11 Å². The number of halogens is 9. The molecule has 20 heteroatoms. The number of imide groups is 1. The Kier molecular flexibility index (Phi) is 13.4. The molecule has 263 valence electrons. The minimum Gasteiger partial charge on any atom is -0.480 e. The molecule has 0 unspecified atom stereocenters. The van der Waals surface area contributed by atoms with Crippen molar-refractivity contribution in [2.45, 2.75) is 112 Å². The smallest absolute Gasteiger partial charge is 0.391 e. The molecule has 0 bridgehead atoms. The number of nitrogens with two attached hydrogens (primary N) is 2. The number of carboxylic acids is 1. The zero-order valence-electron chi connectivity index (χ0n) is 24.8. The summed E-state index contributed by atoms with van der Waals surface area (Å²) in [6, 6.07) is -0.615. The van der Waals surface area contributed by atoms with Crippen molar-refractivity contribution in [3.8, 4) is 0 Å². The third-order valence-corrected chi connectivity index (χ3v) is 9.02. The molecule has 3 saturated carbocycles. The lowest BCUT2D eigenvalue weighted by Gasteiger charge is -2.35. The van der Waals surface area contributed by atoms with E-state index in [2.05, 4.69) is 15.4 Å². The molecular formula is C26H37BF9N4O6. The monoisotopic (exact) mass is 683 g/mol. The molecule has 46 heavy (non-hydrogen) atoms. The van der Waals surface area contributed by atoms with Gasteiger partial charge >= 0.3 is 36.5 Å². The van der Waals surface area contributed by atoms with Gasteiger partial charge in [0.1, 0.15) is 16.6 Å². The molecule has 1 aliphatic heterocycles. The third-order valence-electron chi connectivity index (χ3n) is 9.02. The van der Waals surface area contributed by atoms with E-state index in [-0.39, 0.29) is 85.5 Å². The second kappa shape index (κ2) is 15.0. The molecule has 3 aliphatic carbocycles. The van der Waals surface area contributed by atoms with Gasteiger partial charge in [-0.2, -0.15) is 39.5 Å². The van der Waals surface area contributed by atoms with Crippen molar-refractivity contribution in [2.75, 3.05) is 7.11 Å². The van der Waals surface area contributed by atoms with Crippen molar-refractivity contribution in [1.29, 1.82) is 0 Å². The summed E-state index contributed by atoms with van der Waals surface area (Å²) in [4.78, 5) is 44.2. The second-order valence-corrected chi connectivity index (χ2v) is 12.0. The van der Waals surface area contributed by atoms with E-state index >= 15 is 0 Å². The lowest BCUT2D eigenvalue weighted by Crippen LogP contribution is -2.52. The van der Waals surface area contributed by atoms with Gasteiger partial charge in [0.2, 0.25) is 0 Å². The highest BCUT2D eigenvalue weighted by molar-refractivity contribution is 6.07. The number of hydrogen-bond acceptors (Lipinski definition) is 7. The van der Waals surface area contributed by atoms with E-state index in [1.54, 1.807) is 0 Å². The number of rotatable bonds is 2. The van der Waals surface area contributed by atoms with Crippen LogP contribution in [0.25, 0.3) is 0 Å². The first kappa shape index (κ1) is 41.3. The Hall–Kier alpha value is -2.77. The summed E-state index contributed by atoms with van der Waals surface area (Å²) in [6.07, 6.45) is -13.5. The quantitative estimate of drug-likeness (QED) is 0.125. The number of carboxylic acid groups (broad SMARTS) is 1. The number of alkyl halides is 9. The standard InChI is InChI=1S/C9H11F3N2O2.C9H14F3NO2.C8H12F3NO2.B/c10-9(11,12)5-1-3-8(4-2-5)6(15)13-7(16)14-8;1-15-7(14)8(13)4-2-6(3-5-8)9(10,11)12;9-8(10,11)5-1-3-7(12,4-2-5)6(13)14;/h5H,1-4H2,(H2,13,14,15,16);6H,2-5,13H2,1H3;5H,1-4,12H2,(H,13,14);. The lowest BCUT2D eigenvalue weighted by molar-refractivity contribution is -0.187. The maximum absolute atomic E-state index is 12.4. The Bertz CT molecular complexity index is 1080. The number of carbonyl (C=O) groups is 4. The highest BCUT2D eigenvalue weighted by Crippen LogP contribution is 2.43. The Balaban J connectivity index is 0.000000342. The fraction of sp³-hybridized carbons (Fsp3) is 0.846. The summed E-state index contributed by atoms with van der Waals surface area (Å²) in [6.45, 7) is 0. The zero-order chi connectivity index (χ0) is 34.6. The highest BCUT2D eigenvalue weighted by Gasteiger charge is 2.53. The topological polar surface area (TPSA) is 174 Å². The predicted molar refractivity (Wildman–Crippen MR) is 143 cm³/mol. The summed E-state index contributed by atoms with van der Waals surface area (Å²) in [5, 5.41) is 13.2. The number of ether oxygens (including phenoxy) is 1. The van der Waals surface area contributed by atoms with Crippen LogP contribution in [0.2, 0.25) is 0 Å². The molecule has 0 aromatic heterocycles. The van der Waals surface area contributed by atoms with Crippen LogP contribution in [-0.2, 0) is 19.1 Å². The van der Waals surface area contributed by atoms with Gasteiger partial charge in [-0.3, -0.25) is 19.7 Å². The number of carbonyl (C=O) groups excluding carboxylic acids is 3. The highest BCUT2D eigenvalue weighted by atomic mass is 19.4. The van der Waals surface area contributed by atoms with E-state index in [0.29, 0.717) is 0 Å². The molecular weight excluding hydrogens is 646 g/mol. The molecule has 7 N–H and O–H groups in total. The van der Waals surface area contributed by atoms with Crippen LogP contribution < -0.4 is 22.1 Å². The van der Waals surface area contributed by atoms with E-state index in [4.69, 9.17) is 16.6 Å². The molecule has 1 spiro atoms. The Labute approximate surface area is 260 Å². The molecule has 1 saturated heterocycles. The van der Waals surface area contributed by atoms with Crippen molar-refractivity contribution in [1.82, 2.24) is 10.6 Å². The SMILES string of the molecule is COC(=O)C1(N)CCC(C(F)(F)F)CC1.NC1(C(=O)O)CCC(C(F)(F)F)CC1.O=C1NC(=O)C2(CCC(C(F)(F)F)CC2)N1.[B]. The average molecular weight is 683 g/mol. The van der Waals surface area contributed by atoms with Crippen LogP contribution in [-0.4, -0.2) is 79.7 Å². The van der Waals surface area contributed by atoms with Gasteiger partial charge < -0.3 is 26.6 Å². The van der Waals surface area contributed by atoms with Crippen LogP contribution in [0.4, 0.5) is 44.3 Å². The first-order valence-corrected chi connectivity index (χ1v) is 14.1. The van der Waals surface area contributed by atoms with Gasteiger partial charge in [-0.05, 0) is 77.0 Å². The minimum atomic E-state index is -4.22. The summed E-state index contributed by atoms with van der Waals surface area (Å²) >= 11 is 0. The summed E-state index contributed by atoms with van der Waals surface area (Å²) in [7, 11) is 1.19. The molecule has 4 aliphatic rings. The van der Waals surface area contributed by atoms with Crippen molar-refractivity contribution in [2.24, 2.45) is 29.2 Å². The summed E-state index contributed by atoms with van der Waals surface area (Å²) in [5.74, 6) is -6.42. The van der Waals surface area contributed by atoms with Gasteiger partial charge in [0.25, 0.3) is 5.91 Å². The number of aliphatic carboxylic acids is 1. The van der Waals surface area contributed by atoms with E-state index in [0.717, 1.165) is 0 Å². The van der Waals surface area contributed by atoms with Crippen molar-refractivity contribution < 1.29 is 68.5 Å². The first-order valence-electron chi connectivity index (χ1n) is 14.1. The fourth-order valence-electron chi connectivity index (χ4n) is 5.86. The average Bonchev–Trinajstić information content (AvgIpc) is 3.19. The molecule has 0 atom stereocenters. The van der Waals surface area contributed by atoms with Crippen LogP contribution in [0, 0.1) is 17.8 Å². The van der Waals surface area contributed by atoms with E-state index < -0.39 is 76.8 Å². The molecule has 3 amide bonds. The van der Waals surface area contributed by atoms with Crippen molar-refractivity contribution >= 4 is 32.3 Å². The van der Waals surface area contributed by atoms with E-state index in [9.17, 15) is 58.7 Å². The normalized spacial score (nSPS) is 33.2. The molecule has 0 aromatic rings. The minimum absolute atomic E-state index is 0. The molecule has 0 aromatic carbocycles. The lowest BCUT2D eigenvalue weighted by atomic mass is 9.76. The second-order valence-electron chi connectivity index (χ2n) is 12.0. The van der Waals surface area contributed by atoms with E-state index in [1.807, 2.05) is 0 Å². The Morgan fingerprint density at radius 2 is 1.04 bits per heavy atom. The fourth-order valence-corrected chi connectivity index (χ4v) is 5.86. The number of hydrogen-bond donors (Lipinski definition) is 5. The van der Waals surface area contributed by atoms with Gasteiger partial charge in [0.15, 0.2) is 0 Å². The maximum Gasteiger partial charge on any atom is 0.391 e. The molecule has 1 heterocycles. The number of esters is 1. The van der Waals surface area contributed by atoms with Crippen LogP contribution in [0.15, 0.2) is 0 Å². The van der Waals surface area contributed by atoms with Gasteiger partial charge in [-0.25, -0.2) is 4.79 Å². The van der Waals surface area contributed by atoms with Crippen LogP contribution in [0.5, 0.6) is 0 Å². The summed E-state index contributed by atoms with van der Waals surface area (Å²) < 4.78 is 115. The third kappa shape index (κ3) is 10.4. The van der Waals surface area contributed by atoms with Gasteiger partial charge in [-0.15, -0.1) is 0 Å².